The molecular formula is C9H17NO2S. The number of hydrogen-bond acceptors (Lipinski definition) is 3. The van der Waals surface area contributed by atoms with Gasteiger partial charge >= 0.3 is 0 Å². The molecule has 0 rings (SSSR count). The van der Waals surface area contributed by atoms with Gasteiger partial charge in [-0.1, -0.05) is 0 Å². The Morgan fingerprint density at radius 2 is 1.92 bits per heavy atom. The first kappa shape index (κ1) is 12.5. The zero-order valence-electron chi connectivity index (χ0n) is 8.59. The van der Waals surface area contributed by atoms with E-state index in [0.717, 1.165) is 0 Å². The van der Waals surface area contributed by atoms with E-state index < -0.39 is 20.6 Å². The van der Waals surface area contributed by atoms with Crippen molar-refractivity contribution in [3.05, 3.63) is 0 Å². The van der Waals surface area contributed by atoms with Crippen molar-refractivity contribution in [1.29, 1.82) is 0 Å². The van der Waals surface area contributed by atoms with E-state index >= 15 is 0 Å². The molecule has 0 aliphatic heterocycles. The number of rotatable bonds is 3. The minimum atomic E-state index is -3.12. The maximum atomic E-state index is 11.3. The van der Waals surface area contributed by atoms with Crippen molar-refractivity contribution in [1.82, 2.24) is 0 Å². The summed E-state index contributed by atoms with van der Waals surface area (Å²) in [5, 5.41) is 0. The molecule has 13 heavy (non-hydrogen) atoms. The van der Waals surface area contributed by atoms with Crippen molar-refractivity contribution in [3.8, 4) is 11.8 Å². The molecule has 2 N–H and O–H groups in total. The first-order valence-corrected chi connectivity index (χ1v) is 5.97. The van der Waals surface area contributed by atoms with Crippen LogP contribution in [0.2, 0.25) is 0 Å². The molecule has 76 valence electrons. The van der Waals surface area contributed by atoms with E-state index in [1.165, 1.54) is 6.26 Å². The van der Waals surface area contributed by atoms with Crippen LogP contribution >= 0.6 is 0 Å². The van der Waals surface area contributed by atoms with E-state index in [1.54, 1.807) is 20.8 Å². The van der Waals surface area contributed by atoms with Crippen LogP contribution in [0.3, 0.4) is 0 Å². The van der Waals surface area contributed by atoms with Gasteiger partial charge in [0.25, 0.3) is 0 Å². The van der Waals surface area contributed by atoms with Crippen LogP contribution in [-0.2, 0) is 9.84 Å². The van der Waals surface area contributed by atoms with E-state index in [1.807, 2.05) is 0 Å². The quantitative estimate of drug-likeness (QED) is 0.681. The van der Waals surface area contributed by atoms with Crippen LogP contribution in [0.15, 0.2) is 0 Å². The lowest BCUT2D eigenvalue weighted by Crippen LogP contribution is -2.48. The molecular weight excluding hydrogens is 186 g/mol. The third-order valence-electron chi connectivity index (χ3n) is 2.35. The fourth-order valence-corrected chi connectivity index (χ4v) is 1.37. The van der Waals surface area contributed by atoms with Crippen LogP contribution in [-0.4, -0.2) is 25.5 Å². The highest BCUT2D eigenvalue weighted by molar-refractivity contribution is 7.92. The predicted octanol–water partition coefficient (Wildman–Crippen LogP) is 0.550. The minimum Gasteiger partial charge on any atom is -0.326 e. The SMILES string of the molecule is CC#CCC(N)C(C)(C)S(C)(=O)=O. The normalized spacial score (nSPS) is 14.5. The van der Waals surface area contributed by atoms with E-state index in [0.29, 0.717) is 6.42 Å². The zero-order valence-corrected chi connectivity index (χ0v) is 9.40. The summed E-state index contributed by atoms with van der Waals surface area (Å²) >= 11 is 0. The van der Waals surface area contributed by atoms with Crippen LogP contribution < -0.4 is 5.73 Å². The summed E-state index contributed by atoms with van der Waals surface area (Å²) in [6.07, 6.45) is 1.61. The molecule has 4 heteroatoms. The third kappa shape index (κ3) is 3.02. The molecule has 1 atom stereocenters. The van der Waals surface area contributed by atoms with Crippen LogP contribution in [0.4, 0.5) is 0 Å². The molecule has 0 bridgehead atoms. The molecule has 0 saturated carbocycles. The van der Waals surface area contributed by atoms with Crippen molar-refractivity contribution >= 4 is 9.84 Å². The molecule has 0 saturated heterocycles. The fourth-order valence-electron chi connectivity index (χ4n) is 0.733. The lowest BCUT2D eigenvalue weighted by atomic mass is 10.0. The van der Waals surface area contributed by atoms with Gasteiger partial charge in [0, 0.05) is 18.7 Å². The Balaban J connectivity index is 4.71. The predicted molar refractivity (Wildman–Crippen MR) is 55.0 cm³/mol. The highest BCUT2D eigenvalue weighted by Crippen LogP contribution is 2.20. The lowest BCUT2D eigenvalue weighted by Gasteiger charge is -2.28. The smallest absolute Gasteiger partial charge is 0.154 e. The summed E-state index contributed by atoms with van der Waals surface area (Å²) in [6.45, 7) is 4.97. The molecule has 0 aromatic rings. The number of nitrogens with two attached hydrogens (primary N) is 1. The van der Waals surface area contributed by atoms with Crippen molar-refractivity contribution in [3.63, 3.8) is 0 Å². The van der Waals surface area contributed by atoms with Gasteiger partial charge in [0.15, 0.2) is 9.84 Å². The van der Waals surface area contributed by atoms with Gasteiger partial charge in [-0.25, -0.2) is 8.42 Å². The molecule has 0 aromatic heterocycles. The largest absolute Gasteiger partial charge is 0.326 e. The van der Waals surface area contributed by atoms with Gasteiger partial charge in [0.05, 0.1) is 4.75 Å². The molecule has 0 aliphatic carbocycles. The highest BCUT2D eigenvalue weighted by atomic mass is 32.2. The summed E-state index contributed by atoms with van der Waals surface area (Å²) in [5.74, 6) is 5.48. The standard InChI is InChI=1S/C9H17NO2S/c1-5-6-7-8(10)9(2,3)13(4,11)12/h8H,7,10H2,1-4H3. The molecule has 0 heterocycles. The van der Waals surface area contributed by atoms with E-state index in [2.05, 4.69) is 11.8 Å². The zero-order chi connectivity index (χ0) is 10.7. The van der Waals surface area contributed by atoms with Gasteiger partial charge in [-0.15, -0.1) is 11.8 Å². The summed E-state index contributed by atoms with van der Waals surface area (Å²) in [5.41, 5.74) is 5.74. The Kier molecular flexibility index (Phi) is 3.95. The van der Waals surface area contributed by atoms with Crippen LogP contribution in [0.25, 0.3) is 0 Å². The second-order valence-electron chi connectivity index (χ2n) is 3.61. The van der Waals surface area contributed by atoms with Crippen LogP contribution in [0, 0.1) is 11.8 Å². The van der Waals surface area contributed by atoms with Gasteiger partial charge in [0.2, 0.25) is 0 Å². The van der Waals surface area contributed by atoms with Gasteiger partial charge in [-0.3, -0.25) is 0 Å². The van der Waals surface area contributed by atoms with Gasteiger partial charge in [0.1, 0.15) is 0 Å². The van der Waals surface area contributed by atoms with E-state index in [4.69, 9.17) is 5.73 Å². The third-order valence-corrected chi connectivity index (χ3v) is 4.56. The first-order valence-electron chi connectivity index (χ1n) is 4.08. The molecule has 0 amide bonds. The maximum absolute atomic E-state index is 11.3. The molecule has 3 nitrogen and oxygen atoms in total. The fraction of sp³-hybridized carbons (Fsp3) is 0.778. The average molecular weight is 203 g/mol. The number of hydrogen-bond donors (Lipinski definition) is 1. The molecule has 0 aliphatic rings. The average Bonchev–Trinajstić information content (AvgIpc) is 1.97. The molecule has 0 fully saturated rings. The minimum absolute atomic E-state index is 0.413. The summed E-state index contributed by atoms with van der Waals surface area (Å²) in [6, 6.07) is -0.435. The number of sulfone groups is 1. The maximum Gasteiger partial charge on any atom is 0.154 e. The van der Waals surface area contributed by atoms with Crippen molar-refractivity contribution in [2.24, 2.45) is 5.73 Å². The second-order valence-corrected chi connectivity index (χ2v) is 6.21. The first-order chi connectivity index (χ1) is 5.73. The van der Waals surface area contributed by atoms with E-state index in [-0.39, 0.29) is 0 Å². The summed E-state index contributed by atoms with van der Waals surface area (Å²) < 4.78 is 21.8. The Bertz CT molecular complexity index is 319. The van der Waals surface area contributed by atoms with Gasteiger partial charge < -0.3 is 5.73 Å². The van der Waals surface area contributed by atoms with Crippen molar-refractivity contribution in [2.75, 3.05) is 6.26 Å². The second kappa shape index (κ2) is 4.12. The van der Waals surface area contributed by atoms with Gasteiger partial charge in [-0.2, -0.15) is 0 Å². The summed E-state index contributed by atoms with van der Waals surface area (Å²) in [4.78, 5) is 0. The van der Waals surface area contributed by atoms with E-state index in [9.17, 15) is 8.42 Å². The van der Waals surface area contributed by atoms with Crippen molar-refractivity contribution in [2.45, 2.75) is 38.0 Å². The van der Waals surface area contributed by atoms with Crippen LogP contribution in [0.5, 0.6) is 0 Å². The Labute approximate surface area is 80.6 Å². The summed E-state index contributed by atoms with van der Waals surface area (Å²) in [7, 11) is -3.12. The Hall–Kier alpha value is -0.530. The van der Waals surface area contributed by atoms with Gasteiger partial charge in [-0.05, 0) is 20.8 Å². The van der Waals surface area contributed by atoms with Crippen molar-refractivity contribution < 1.29 is 8.42 Å². The Morgan fingerprint density at radius 3 is 2.23 bits per heavy atom. The molecule has 1 unspecified atom stereocenters. The highest BCUT2D eigenvalue weighted by Gasteiger charge is 2.36. The molecule has 0 spiro atoms. The monoisotopic (exact) mass is 203 g/mol. The molecule has 0 aromatic carbocycles. The Morgan fingerprint density at radius 1 is 1.46 bits per heavy atom. The lowest BCUT2D eigenvalue weighted by molar-refractivity contribution is 0.490. The molecule has 0 radical (unpaired) electrons. The van der Waals surface area contributed by atoms with Crippen LogP contribution in [0.1, 0.15) is 27.2 Å². The topological polar surface area (TPSA) is 60.2 Å².